The number of hydrogen-bond donors (Lipinski definition) is 1. The highest BCUT2D eigenvalue weighted by molar-refractivity contribution is 7.09. The number of nitrogens with one attached hydrogen (secondary N) is 1. The molecule has 14 heavy (non-hydrogen) atoms. The fourth-order valence-electron chi connectivity index (χ4n) is 1.44. The summed E-state index contributed by atoms with van der Waals surface area (Å²) in [6.07, 6.45) is 3.45. The van der Waals surface area contributed by atoms with Crippen molar-refractivity contribution in [1.82, 2.24) is 5.32 Å². The fourth-order valence-corrected chi connectivity index (χ4v) is 2.23. The number of likely N-dealkylation sites (N-methyl/N-ethyl adjacent to an activating group) is 1. The molecule has 1 aromatic rings. The van der Waals surface area contributed by atoms with Crippen LogP contribution in [0.2, 0.25) is 0 Å². The highest BCUT2D eigenvalue weighted by atomic mass is 32.1. The molecule has 0 radical (unpaired) electrons. The SMILES string of the molecule is C=C(C)CCC(Cc1cccs1)NC. The van der Waals surface area contributed by atoms with Crippen LogP contribution in [0.25, 0.3) is 0 Å². The quantitative estimate of drug-likeness (QED) is 0.709. The lowest BCUT2D eigenvalue weighted by Crippen LogP contribution is -2.27. The minimum atomic E-state index is 0.588. The van der Waals surface area contributed by atoms with Gasteiger partial charge in [-0.15, -0.1) is 17.9 Å². The Morgan fingerprint density at radius 1 is 1.64 bits per heavy atom. The summed E-state index contributed by atoms with van der Waals surface area (Å²) in [7, 11) is 2.04. The van der Waals surface area contributed by atoms with Gasteiger partial charge in [-0.2, -0.15) is 0 Å². The second kappa shape index (κ2) is 5.99. The normalized spacial score (nSPS) is 12.7. The van der Waals surface area contributed by atoms with Gasteiger partial charge in [-0.1, -0.05) is 11.6 Å². The molecule has 0 aliphatic carbocycles. The molecule has 0 aromatic carbocycles. The first kappa shape index (κ1) is 11.5. The molecule has 1 heterocycles. The van der Waals surface area contributed by atoms with Gasteiger partial charge in [0.05, 0.1) is 0 Å². The van der Waals surface area contributed by atoms with Crippen molar-refractivity contribution >= 4 is 11.3 Å². The van der Waals surface area contributed by atoms with E-state index < -0.39 is 0 Å². The van der Waals surface area contributed by atoms with E-state index in [-0.39, 0.29) is 0 Å². The van der Waals surface area contributed by atoms with Crippen molar-refractivity contribution in [3.63, 3.8) is 0 Å². The Labute approximate surface area is 90.9 Å². The van der Waals surface area contributed by atoms with Crippen LogP contribution >= 0.6 is 11.3 Å². The van der Waals surface area contributed by atoms with E-state index in [2.05, 4.69) is 36.3 Å². The zero-order valence-corrected chi connectivity index (χ0v) is 9.86. The first-order chi connectivity index (χ1) is 6.72. The van der Waals surface area contributed by atoms with Gasteiger partial charge in [0.1, 0.15) is 0 Å². The van der Waals surface area contributed by atoms with Crippen LogP contribution in [-0.4, -0.2) is 13.1 Å². The van der Waals surface area contributed by atoms with E-state index in [1.807, 2.05) is 18.4 Å². The van der Waals surface area contributed by atoms with Gasteiger partial charge in [-0.05, 0) is 44.7 Å². The van der Waals surface area contributed by atoms with Crippen LogP contribution in [0.1, 0.15) is 24.6 Å². The zero-order chi connectivity index (χ0) is 10.4. The predicted molar refractivity (Wildman–Crippen MR) is 64.9 cm³/mol. The Morgan fingerprint density at radius 2 is 2.43 bits per heavy atom. The Bertz CT molecular complexity index is 264. The van der Waals surface area contributed by atoms with E-state index in [0.29, 0.717) is 6.04 Å². The van der Waals surface area contributed by atoms with Crippen molar-refractivity contribution in [3.05, 3.63) is 34.5 Å². The molecule has 1 N–H and O–H groups in total. The molecule has 2 heteroatoms. The van der Waals surface area contributed by atoms with Crippen LogP contribution in [0.15, 0.2) is 29.7 Å². The summed E-state index contributed by atoms with van der Waals surface area (Å²) in [5.41, 5.74) is 1.27. The molecule has 0 bridgehead atoms. The topological polar surface area (TPSA) is 12.0 Å². The molecule has 0 saturated heterocycles. The summed E-state index contributed by atoms with van der Waals surface area (Å²) in [4.78, 5) is 1.46. The average Bonchev–Trinajstić information content (AvgIpc) is 2.64. The van der Waals surface area contributed by atoms with E-state index in [9.17, 15) is 0 Å². The van der Waals surface area contributed by atoms with Crippen molar-refractivity contribution in [3.8, 4) is 0 Å². The lowest BCUT2D eigenvalue weighted by molar-refractivity contribution is 0.522. The van der Waals surface area contributed by atoms with Crippen LogP contribution in [0.3, 0.4) is 0 Å². The molecule has 1 nitrogen and oxygen atoms in total. The van der Waals surface area contributed by atoms with Gasteiger partial charge in [-0.3, -0.25) is 0 Å². The summed E-state index contributed by atoms with van der Waals surface area (Å²) < 4.78 is 0. The first-order valence-electron chi connectivity index (χ1n) is 5.06. The van der Waals surface area contributed by atoms with Crippen molar-refractivity contribution in [1.29, 1.82) is 0 Å². The maximum Gasteiger partial charge on any atom is 0.0115 e. The molecule has 1 unspecified atom stereocenters. The van der Waals surface area contributed by atoms with Crippen LogP contribution in [0.4, 0.5) is 0 Å². The first-order valence-corrected chi connectivity index (χ1v) is 5.94. The van der Waals surface area contributed by atoms with E-state index in [0.717, 1.165) is 12.8 Å². The summed E-state index contributed by atoms with van der Waals surface area (Å²) in [5.74, 6) is 0. The molecular weight excluding hydrogens is 190 g/mol. The van der Waals surface area contributed by atoms with Gasteiger partial charge in [0, 0.05) is 10.9 Å². The molecule has 0 aliphatic heterocycles. The molecule has 0 saturated carbocycles. The van der Waals surface area contributed by atoms with Crippen molar-refractivity contribution in [2.24, 2.45) is 0 Å². The van der Waals surface area contributed by atoms with Gasteiger partial charge >= 0.3 is 0 Å². The van der Waals surface area contributed by atoms with Crippen LogP contribution in [-0.2, 0) is 6.42 Å². The van der Waals surface area contributed by atoms with Gasteiger partial charge in [0.2, 0.25) is 0 Å². The van der Waals surface area contributed by atoms with Gasteiger partial charge in [-0.25, -0.2) is 0 Å². The predicted octanol–water partition coefficient (Wildman–Crippen LogP) is 3.23. The van der Waals surface area contributed by atoms with Crippen LogP contribution in [0.5, 0.6) is 0 Å². The summed E-state index contributed by atoms with van der Waals surface area (Å²) >= 11 is 1.84. The molecule has 0 spiro atoms. The molecule has 0 fully saturated rings. The highest BCUT2D eigenvalue weighted by Gasteiger charge is 2.07. The molecule has 1 rings (SSSR count). The molecular formula is C12H19NS. The molecule has 0 amide bonds. The van der Waals surface area contributed by atoms with E-state index in [4.69, 9.17) is 0 Å². The molecule has 78 valence electrons. The van der Waals surface area contributed by atoms with Gasteiger partial charge in [0.25, 0.3) is 0 Å². The minimum absolute atomic E-state index is 0.588. The monoisotopic (exact) mass is 209 g/mol. The largest absolute Gasteiger partial charge is 0.317 e. The van der Waals surface area contributed by atoms with Crippen LogP contribution < -0.4 is 5.32 Å². The second-order valence-electron chi connectivity index (χ2n) is 3.76. The molecule has 1 aromatic heterocycles. The zero-order valence-electron chi connectivity index (χ0n) is 9.05. The Balaban J connectivity index is 2.35. The standard InChI is InChI=1S/C12H19NS/c1-10(2)6-7-11(13-3)9-12-5-4-8-14-12/h4-5,8,11,13H,1,6-7,9H2,2-3H3. The molecule has 0 aliphatic rings. The number of allylic oxidation sites excluding steroid dienone is 1. The lowest BCUT2D eigenvalue weighted by Gasteiger charge is -2.14. The van der Waals surface area contributed by atoms with Gasteiger partial charge in [0.15, 0.2) is 0 Å². The van der Waals surface area contributed by atoms with E-state index in [1.165, 1.54) is 16.9 Å². The summed E-state index contributed by atoms with van der Waals surface area (Å²) in [5, 5.41) is 5.50. The van der Waals surface area contributed by atoms with Crippen molar-refractivity contribution in [2.45, 2.75) is 32.2 Å². The highest BCUT2D eigenvalue weighted by Crippen LogP contribution is 2.14. The minimum Gasteiger partial charge on any atom is -0.317 e. The third-order valence-corrected chi connectivity index (χ3v) is 3.25. The van der Waals surface area contributed by atoms with Crippen LogP contribution in [0, 0.1) is 0 Å². The van der Waals surface area contributed by atoms with Crippen molar-refractivity contribution < 1.29 is 0 Å². The van der Waals surface area contributed by atoms with Crippen molar-refractivity contribution in [2.75, 3.05) is 7.05 Å². The number of thiophene rings is 1. The Hall–Kier alpha value is -0.600. The third-order valence-electron chi connectivity index (χ3n) is 2.36. The van der Waals surface area contributed by atoms with Gasteiger partial charge < -0.3 is 5.32 Å². The summed E-state index contributed by atoms with van der Waals surface area (Å²) in [6, 6.07) is 4.91. The molecule has 1 atom stereocenters. The third kappa shape index (κ3) is 4.07. The average molecular weight is 209 g/mol. The lowest BCUT2D eigenvalue weighted by atomic mass is 10.0. The smallest absolute Gasteiger partial charge is 0.0115 e. The Morgan fingerprint density at radius 3 is 2.93 bits per heavy atom. The Kier molecular flexibility index (Phi) is 4.91. The number of rotatable bonds is 6. The summed E-state index contributed by atoms with van der Waals surface area (Å²) in [6.45, 7) is 6.03. The second-order valence-corrected chi connectivity index (χ2v) is 4.80. The maximum absolute atomic E-state index is 3.93. The maximum atomic E-state index is 3.93. The van der Waals surface area contributed by atoms with E-state index in [1.54, 1.807) is 0 Å². The fraction of sp³-hybridized carbons (Fsp3) is 0.500. The van der Waals surface area contributed by atoms with E-state index >= 15 is 0 Å². The number of hydrogen-bond acceptors (Lipinski definition) is 2.